The summed E-state index contributed by atoms with van der Waals surface area (Å²) < 4.78 is 30.5. The molecule has 5 heteroatoms. The average Bonchev–Trinajstić information content (AvgIpc) is 2.73. The van der Waals surface area contributed by atoms with Crippen molar-refractivity contribution in [2.75, 3.05) is 18.2 Å². The predicted octanol–water partition coefficient (Wildman–Crippen LogP) is 4.71. The fourth-order valence-corrected chi connectivity index (χ4v) is 4.27. The third-order valence-electron chi connectivity index (χ3n) is 4.41. The third kappa shape index (κ3) is 5.11. The maximum Gasteiger partial charge on any atom is 0.178 e. The summed E-state index contributed by atoms with van der Waals surface area (Å²) in [5.41, 5.74) is 1.97. The molecule has 0 radical (unpaired) electrons. The van der Waals surface area contributed by atoms with E-state index in [2.05, 4.69) is 5.32 Å². The quantitative estimate of drug-likeness (QED) is 0.614. The number of methoxy groups -OCH3 is 1. The summed E-state index contributed by atoms with van der Waals surface area (Å²) in [5, 5.41) is 3.45. The van der Waals surface area contributed by atoms with Crippen LogP contribution in [0.5, 0.6) is 5.75 Å². The van der Waals surface area contributed by atoms with Crippen LogP contribution in [0.3, 0.4) is 0 Å². The molecule has 0 saturated heterocycles. The van der Waals surface area contributed by atoms with Crippen molar-refractivity contribution < 1.29 is 13.2 Å². The average molecular weight is 381 g/mol. The van der Waals surface area contributed by atoms with Crippen molar-refractivity contribution in [2.24, 2.45) is 0 Å². The van der Waals surface area contributed by atoms with Crippen molar-refractivity contribution >= 4 is 15.5 Å². The Morgan fingerprint density at radius 1 is 0.852 bits per heavy atom. The van der Waals surface area contributed by atoms with Crippen LogP contribution in [0.25, 0.3) is 0 Å². The largest absolute Gasteiger partial charge is 0.497 e. The molecule has 4 nitrogen and oxygen atoms in total. The van der Waals surface area contributed by atoms with Gasteiger partial charge in [-0.3, -0.25) is 0 Å². The second-order valence-electron chi connectivity index (χ2n) is 6.26. The van der Waals surface area contributed by atoms with E-state index in [0.29, 0.717) is 11.3 Å². The van der Waals surface area contributed by atoms with E-state index < -0.39 is 9.84 Å². The van der Waals surface area contributed by atoms with Gasteiger partial charge in [-0.2, -0.15) is 0 Å². The minimum absolute atomic E-state index is 0.0692. The van der Waals surface area contributed by atoms with E-state index in [9.17, 15) is 8.42 Å². The Morgan fingerprint density at radius 2 is 1.44 bits per heavy atom. The molecule has 0 aliphatic heterocycles. The molecule has 0 amide bonds. The van der Waals surface area contributed by atoms with Gasteiger partial charge in [0, 0.05) is 5.69 Å². The second kappa shape index (κ2) is 8.73. The van der Waals surface area contributed by atoms with Gasteiger partial charge in [-0.25, -0.2) is 8.42 Å². The van der Waals surface area contributed by atoms with Crippen LogP contribution in [-0.2, 0) is 9.84 Å². The number of sulfone groups is 1. The number of nitrogens with one attached hydrogen (secondary N) is 1. The first-order valence-electron chi connectivity index (χ1n) is 8.82. The first-order chi connectivity index (χ1) is 13.1. The molecule has 0 aliphatic carbocycles. The number of anilines is 1. The minimum Gasteiger partial charge on any atom is -0.497 e. The molecule has 1 atom stereocenters. The SMILES string of the molecule is COc1ccc(NC(CCS(=O)(=O)c2ccccc2)c2ccccc2)cc1. The Bertz CT molecular complexity index is 940. The monoisotopic (exact) mass is 381 g/mol. The lowest BCUT2D eigenvalue weighted by Crippen LogP contribution is -2.16. The minimum atomic E-state index is -3.33. The van der Waals surface area contributed by atoms with Gasteiger partial charge in [0.05, 0.1) is 23.8 Å². The van der Waals surface area contributed by atoms with Crippen LogP contribution in [-0.4, -0.2) is 21.3 Å². The molecule has 3 aromatic carbocycles. The molecule has 0 saturated carbocycles. The number of hydrogen-bond donors (Lipinski definition) is 1. The third-order valence-corrected chi connectivity index (χ3v) is 6.17. The molecule has 3 aromatic rings. The van der Waals surface area contributed by atoms with Crippen molar-refractivity contribution in [3.8, 4) is 5.75 Å². The molecular formula is C22H23NO3S. The molecule has 1 unspecified atom stereocenters. The molecule has 140 valence electrons. The standard InChI is InChI=1S/C22H23NO3S/c1-26-20-14-12-19(13-15-20)23-22(18-8-4-2-5-9-18)16-17-27(24,25)21-10-6-3-7-11-21/h2-15,22-23H,16-17H2,1H3. The van der Waals surface area contributed by atoms with E-state index in [1.165, 1.54) is 0 Å². The maximum atomic E-state index is 12.7. The van der Waals surface area contributed by atoms with Crippen molar-refractivity contribution in [3.05, 3.63) is 90.5 Å². The Balaban J connectivity index is 1.78. The summed E-state index contributed by atoms with van der Waals surface area (Å²) in [4.78, 5) is 0.362. The zero-order valence-corrected chi connectivity index (χ0v) is 16.0. The van der Waals surface area contributed by atoms with Crippen LogP contribution in [0.1, 0.15) is 18.0 Å². The van der Waals surface area contributed by atoms with E-state index in [0.717, 1.165) is 17.0 Å². The van der Waals surface area contributed by atoms with Crippen LogP contribution in [0.4, 0.5) is 5.69 Å². The van der Waals surface area contributed by atoms with Gasteiger partial charge in [-0.05, 0) is 48.4 Å². The fourth-order valence-electron chi connectivity index (χ4n) is 2.91. The maximum absolute atomic E-state index is 12.7. The molecule has 1 N–H and O–H groups in total. The van der Waals surface area contributed by atoms with Crippen LogP contribution in [0.2, 0.25) is 0 Å². The van der Waals surface area contributed by atoms with Crippen LogP contribution in [0.15, 0.2) is 89.8 Å². The van der Waals surface area contributed by atoms with Gasteiger partial charge in [0.15, 0.2) is 9.84 Å². The summed E-state index contributed by atoms with van der Waals surface area (Å²) in [5.74, 6) is 0.850. The van der Waals surface area contributed by atoms with Crippen molar-refractivity contribution in [1.82, 2.24) is 0 Å². The molecule has 0 heterocycles. The smallest absolute Gasteiger partial charge is 0.178 e. The second-order valence-corrected chi connectivity index (χ2v) is 8.37. The van der Waals surface area contributed by atoms with Gasteiger partial charge in [0.2, 0.25) is 0 Å². The number of hydrogen-bond acceptors (Lipinski definition) is 4. The highest BCUT2D eigenvalue weighted by molar-refractivity contribution is 7.91. The Kier molecular flexibility index (Phi) is 6.14. The van der Waals surface area contributed by atoms with E-state index >= 15 is 0 Å². The molecule has 0 bridgehead atoms. The highest BCUT2D eigenvalue weighted by atomic mass is 32.2. The number of ether oxygens (including phenoxy) is 1. The number of benzene rings is 3. The molecule has 0 fully saturated rings. The van der Waals surface area contributed by atoms with E-state index in [1.807, 2.05) is 60.7 Å². The molecule has 27 heavy (non-hydrogen) atoms. The first kappa shape index (κ1) is 19.0. The lowest BCUT2D eigenvalue weighted by Gasteiger charge is -2.21. The summed E-state index contributed by atoms with van der Waals surface area (Å²) in [6, 6.07) is 26.0. The fraction of sp³-hybridized carbons (Fsp3) is 0.182. The molecule has 0 aromatic heterocycles. The summed E-state index contributed by atoms with van der Waals surface area (Å²) in [6.45, 7) is 0. The van der Waals surface area contributed by atoms with Crippen molar-refractivity contribution in [1.29, 1.82) is 0 Å². The highest BCUT2D eigenvalue weighted by Crippen LogP contribution is 2.26. The zero-order valence-electron chi connectivity index (χ0n) is 15.2. The van der Waals surface area contributed by atoms with Gasteiger partial charge in [-0.1, -0.05) is 48.5 Å². The van der Waals surface area contributed by atoms with Crippen LogP contribution >= 0.6 is 0 Å². The summed E-state index contributed by atoms with van der Waals surface area (Å²) >= 11 is 0. The van der Waals surface area contributed by atoms with E-state index in [-0.39, 0.29) is 11.8 Å². The zero-order chi connectivity index (χ0) is 19.1. The van der Waals surface area contributed by atoms with E-state index in [1.54, 1.807) is 31.4 Å². The van der Waals surface area contributed by atoms with Gasteiger partial charge in [-0.15, -0.1) is 0 Å². The highest BCUT2D eigenvalue weighted by Gasteiger charge is 2.19. The van der Waals surface area contributed by atoms with Crippen LogP contribution < -0.4 is 10.1 Å². The topological polar surface area (TPSA) is 55.4 Å². The van der Waals surface area contributed by atoms with Crippen molar-refractivity contribution in [3.63, 3.8) is 0 Å². The lowest BCUT2D eigenvalue weighted by molar-refractivity contribution is 0.415. The lowest BCUT2D eigenvalue weighted by atomic mass is 10.0. The Morgan fingerprint density at radius 3 is 2.04 bits per heavy atom. The summed E-state index contributed by atoms with van der Waals surface area (Å²) in [6.07, 6.45) is 0.466. The molecule has 0 aliphatic rings. The molecule has 3 rings (SSSR count). The van der Waals surface area contributed by atoms with Crippen molar-refractivity contribution in [2.45, 2.75) is 17.4 Å². The van der Waals surface area contributed by atoms with Gasteiger partial charge in [0.25, 0.3) is 0 Å². The predicted molar refractivity (Wildman–Crippen MR) is 109 cm³/mol. The van der Waals surface area contributed by atoms with Gasteiger partial charge in [0.1, 0.15) is 5.75 Å². The van der Waals surface area contributed by atoms with Gasteiger partial charge >= 0.3 is 0 Å². The summed E-state index contributed by atoms with van der Waals surface area (Å²) in [7, 11) is -1.70. The molecule has 0 spiro atoms. The Hall–Kier alpha value is -2.79. The van der Waals surface area contributed by atoms with E-state index in [4.69, 9.17) is 4.74 Å². The normalized spacial score (nSPS) is 12.3. The Labute approximate surface area is 160 Å². The van der Waals surface area contributed by atoms with Crippen LogP contribution in [0, 0.1) is 0 Å². The van der Waals surface area contributed by atoms with Gasteiger partial charge < -0.3 is 10.1 Å². The molecular weight excluding hydrogens is 358 g/mol. The first-order valence-corrected chi connectivity index (χ1v) is 10.5. The number of rotatable bonds is 8.